The van der Waals surface area contributed by atoms with E-state index in [0.717, 1.165) is 49.3 Å². The zero-order chi connectivity index (χ0) is 18.6. The first-order valence-corrected chi connectivity index (χ1v) is 9.44. The molecule has 140 valence electrons. The van der Waals surface area contributed by atoms with Crippen LogP contribution in [0.2, 0.25) is 0 Å². The molecular weight excluding hydrogens is 338 g/mol. The Kier molecular flexibility index (Phi) is 5.07. The van der Waals surface area contributed by atoms with E-state index >= 15 is 0 Å². The summed E-state index contributed by atoms with van der Waals surface area (Å²) in [6.07, 6.45) is 2.44. The highest BCUT2D eigenvalue weighted by Gasteiger charge is 2.19. The molecule has 2 aromatic carbocycles. The van der Waals surface area contributed by atoms with Gasteiger partial charge in [-0.2, -0.15) is 0 Å². The van der Waals surface area contributed by atoms with Crippen molar-refractivity contribution in [1.82, 2.24) is 19.8 Å². The van der Waals surface area contributed by atoms with Gasteiger partial charge in [0.05, 0.1) is 11.2 Å². The number of likely N-dealkylation sites (N-methyl/N-ethyl adjacent to an activating group) is 1. The Morgan fingerprint density at radius 3 is 2.59 bits per heavy atom. The van der Waals surface area contributed by atoms with Crippen LogP contribution in [0.25, 0.3) is 11.0 Å². The van der Waals surface area contributed by atoms with Crippen LogP contribution in [0, 0.1) is 0 Å². The number of nitrogens with one attached hydrogen (secondary N) is 1. The molecule has 0 saturated carbocycles. The first kappa shape index (κ1) is 17.5. The lowest BCUT2D eigenvalue weighted by atomic mass is 10.1. The van der Waals surface area contributed by atoms with Crippen LogP contribution >= 0.6 is 0 Å². The summed E-state index contributed by atoms with van der Waals surface area (Å²) >= 11 is 0. The number of carbonyl (C=O) groups excluding carboxylic acids is 1. The van der Waals surface area contributed by atoms with E-state index in [-0.39, 0.29) is 6.03 Å². The Morgan fingerprint density at radius 2 is 1.81 bits per heavy atom. The number of fused-ring (bicyclic) bond motifs is 1. The van der Waals surface area contributed by atoms with Crippen molar-refractivity contribution >= 4 is 22.8 Å². The third-order valence-corrected chi connectivity index (χ3v) is 5.15. The fourth-order valence-corrected chi connectivity index (χ4v) is 3.53. The van der Waals surface area contributed by atoms with Gasteiger partial charge < -0.3 is 15.1 Å². The Bertz CT molecular complexity index is 913. The van der Waals surface area contributed by atoms with Crippen molar-refractivity contribution in [3.8, 4) is 0 Å². The van der Waals surface area contributed by atoms with E-state index < -0.39 is 0 Å². The summed E-state index contributed by atoms with van der Waals surface area (Å²) in [7, 11) is 2.15. The lowest BCUT2D eigenvalue weighted by Gasteiger charge is -2.34. The van der Waals surface area contributed by atoms with Gasteiger partial charge in [-0.3, -0.25) is 4.57 Å². The van der Waals surface area contributed by atoms with Crippen LogP contribution in [0.15, 0.2) is 54.9 Å². The standard InChI is InChI=1S/C21H25N5O/c1-24-12-14-25(15-13-24)18-8-5-9-19-20(18)23-16-26(19)21(27)22-11-10-17-6-3-2-4-7-17/h2-9,16H,10-15H2,1H3,(H,22,27). The third kappa shape index (κ3) is 3.80. The molecule has 1 aliphatic rings. The molecule has 1 saturated heterocycles. The number of amides is 1. The first-order valence-electron chi connectivity index (χ1n) is 9.44. The topological polar surface area (TPSA) is 53.4 Å². The summed E-state index contributed by atoms with van der Waals surface area (Å²) in [5.74, 6) is 0. The average Bonchev–Trinajstić information content (AvgIpc) is 3.14. The zero-order valence-corrected chi connectivity index (χ0v) is 15.6. The van der Waals surface area contributed by atoms with Crippen LogP contribution in [0.4, 0.5) is 10.5 Å². The van der Waals surface area contributed by atoms with Gasteiger partial charge in [-0.05, 0) is 31.2 Å². The quantitative estimate of drug-likeness (QED) is 0.774. The van der Waals surface area contributed by atoms with E-state index in [9.17, 15) is 4.79 Å². The number of carbonyl (C=O) groups is 1. The molecule has 27 heavy (non-hydrogen) atoms. The molecule has 0 bridgehead atoms. The van der Waals surface area contributed by atoms with Gasteiger partial charge in [0.15, 0.2) is 0 Å². The third-order valence-electron chi connectivity index (χ3n) is 5.15. The van der Waals surface area contributed by atoms with Gasteiger partial charge in [0.25, 0.3) is 0 Å². The van der Waals surface area contributed by atoms with Gasteiger partial charge in [0.1, 0.15) is 11.8 Å². The first-order chi connectivity index (χ1) is 13.2. The molecule has 0 aliphatic carbocycles. The number of rotatable bonds is 4. The van der Waals surface area contributed by atoms with Crippen LogP contribution < -0.4 is 10.2 Å². The van der Waals surface area contributed by atoms with Crippen LogP contribution in [0.5, 0.6) is 0 Å². The summed E-state index contributed by atoms with van der Waals surface area (Å²) in [4.78, 5) is 21.9. The van der Waals surface area contributed by atoms with E-state index in [1.807, 2.05) is 30.3 Å². The van der Waals surface area contributed by atoms with Crippen molar-refractivity contribution in [3.63, 3.8) is 0 Å². The maximum absolute atomic E-state index is 12.6. The van der Waals surface area contributed by atoms with Crippen molar-refractivity contribution in [3.05, 3.63) is 60.4 Å². The van der Waals surface area contributed by atoms with Gasteiger partial charge in [0.2, 0.25) is 0 Å². The Labute approximate surface area is 159 Å². The van der Waals surface area contributed by atoms with Crippen LogP contribution in [0.3, 0.4) is 0 Å². The Hall–Kier alpha value is -2.86. The predicted molar refractivity (Wildman–Crippen MR) is 108 cm³/mol. The summed E-state index contributed by atoms with van der Waals surface area (Å²) < 4.78 is 1.61. The molecule has 3 aromatic rings. The molecule has 0 radical (unpaired) electrons. The summed E-state index contributed by atoms with van der Waals surface area (Å²) in [5, 5.41) is 2.99. The van der Waals surface area contributed by atoms with Crippen molar-refractivity contribution in [2.75, 3.05) is 44.7 Å². The maximum Gasteiger partial charge on any atom is 0.327 e. The maximum atomic E-state index is 12.6. The molecule has 0 unspecified atom stereocenters. The van der Waals surface area contributed by atoms with Crippen molar-refractivity contribution in [2.24, 2.45) is 0 Å². The second kappa shape index (κ2) is 7.80. The number of para-hydroxylation sites is 1. The van der Waals surface area contributed by atoms with Crippen LogP contribution in [-0.2, 0) is 6.42 Å². The second-order valence-corrected chi connectivity index (χ2v) is 7.02. The van der Waals surface area contributed by atoms with Gasteiger partial charge in [-0.1, -0.05) is 36.4 Å². The number of piperazine rings is 1. The normalized spacial score (nSPS) is 15.2. The monoisotopic (exact) mass is 363 g/mol. The fourth-order valence-electron chi connectivity index (χ4n) is 3.53. The minimum atomic E-state index is -0.135. The highest BCUT2D eigenvalue weighted by molar-refractivity contribution is 5.95. The van der Waals surface area contributed by atoms with Gasteiger partial charge in [-0.25, -0.2) is 9.78 Å². The molecular formula is C21H25N5O. The van der Waals surface area contributed by atoms with Gasteiger partial charge in [-0.15, -0.1) is 0 Å². The highest BCUT2D eigenvalue weighted by atomic mass is 16.2. The number of anilines is 1. The molecule has 0 atom stereocenters. The number of nitrogens with zero attached hydrogens (tertiary/aromatic N) is 4. The second-order valence-electron chi connectivity index (χ2n) is 7.02. The zero-order valence-electron chi connectivity index (χ0n) is 15.6. The Balaban J connectivity index is 1.48. The molecule has 2 heterocycles. The van der Waals surface area contributed by atoms with Crippen molar-refractivity contribution < 1.29 is 4.79 Å². The Morgan fingerprint density at radius 1 is 1.04 bits per heavy atom. The number of hydrogen-bond acceptors (Lipinski definition) is 4. The largest absolute Gasteiger partial charge is 0.367 e. The summed E-state index contributed by atoms with van der Waals surface area (Å²) in [6, 6.07) is 16.1. The van der Waals surface area contributed by atoms with E-state index in [4.69, 9.17) is 0 Å². The smallest absolute Gasteiger partial charge is 0.327 e. The summed E-state index contributed by atoms with van der Waals surface area (Å²) in [6.45, 7) is 4.63. The molecule has 1 amide bonds. The van der Waals surface area contributed by atoms with Crippen molar-refractivity contribution in [2.45, 2.75) is 6.42 Å². The minimum absolute atomic E-state index is 0.135. The molecule has 1 N–H and O–H groups in total. The lowest BCUT2D eigenvalue weighted by molar-refractivity contribution is 0.243. The molecule has 6 heteroatoms. The van der Waals surface area contributed by atoms with Crippen LogP contribution in [-0.4, -0.2) is 60.3 Å². The number of benzene rings is 2. The number of aromatic nitrogens is 2. The van der Waals surface area contributed by atoms with E-state index in [2.05, 4.69) is 45.3 Å². The fraction of sp³-hybridized carbons (Fsp3) is 0.333. The minimum Gasteiger partial charge on any atom is -0.367 e. The van der Waals surface area contributed by atoms with E-state index in [1.165, 1.54) is 5.56 Å². The molecule has 4 rings (SSSR count). The number of imidazole rings is 1. The molecule has 1 aromatic heterocycles. The molecule has 0 spiro atoms. The molecule has 1 aliphatic heterocycles. The molecule has 1 fully saturated rings. The lowest BCUT2D eigenvalue weighted by Crippen LogP contribution is -2.44. The van der Waals surface area contributed by atoms with Crippen molar-refractivity contribution in [1.29, 1.82) is 0 Å². The van der Waals surface area contributed by atoms with Crippen LogP contribution in [0.1, 0.15) is 5.56 Å². The van der Waals surface area contributed by atoms with Gasteiger partial charge in [0, 0.05) is 32.7 Å². The predicted octanol–water partition coefficient (Wildman–Crippen LogP) is 2.59. The average molecular weight is 363 g/mol. The van der Waals surface area contributed by atoms with E-state index in [0.29, 0.717) is 6.54 Å². The highest BCUT2D eigenvalue weighted by Crippen LogP contribution is 2.26. The molecule has 6 nitrogen and oxygen atoms in total. The summed E-state index contributed by atoms with van der Waals surface area (Å²) in [5.41, 5.74) is 4.06. The number of hydrogen-bond donors (Lipinski definition) is 1. The SMILES string of the molecule is CN1CCN(c2cccc3c2ncn3C(=O)NCCc2ccccc2)CC1. The van der Waals surface area contributed by atoms with Gasteiger partial charge >= 0.3 is 6.03 Å². The van der Waals surface area contributed by atoms with E-state index in [1.54, 1.807) is 10.9 Å².